The van der Waals surface area contributed by atoms with Gasteiger partial charge in [-0.25, -0.2) is 9.67 Å². The lowest BCUT2D eigenvalue weighted by Crippen LogP contribution is -2.43. The summed E-state index contributed by atoms with van der Waals surface area (Å²) in [5.41, 5.74) is 3.06. The fraction of sp³-hybridized carbons (Fsp3) is 0.667. The summed E-state index contributed by atoms with van der Waals surface area (Å²) in [6.45, 7) is 11.4. The van der Waals surface area contributed by atoms with Crippen LogP contribution in [0.5, 0.6) is 0 Å². The Labute approximate surface area is 149 Å². The molecule has 2 aromatic rings. The number of carbonyl (C=O) groups excluding carboxylic acids is 1. The summed E-state index contributed by atoms with van der Waals surface area (Å²) >= 11 is 0. The Morgan fingerprint density at radius 3 is 2.48 bits per heavy atom. The molecule has 2 aromatic heterocycles. The van der Waals surface area contributed by atoms with E-state index < -0.39 is 0 Å². The molecule has 0 unspecified atom stereocenters. The van der Waals surface area contributed by atoms with Crippen LogP contribution in [0.1, 0.15) is 60.3 Å². The fourth-order valence-electron chi connectivity index (χ4n) is 4.05. The van der Waals surface area contributed by atoms with Gasteiger partial charge in [0.2, 0.25) is 5.91 Å². The van der Waals surface area contributed by atoms with Gasteiger partial charge in [0.25, 0.3) is 0 Å². The third-order valence-electron chi connectivity index (χ3n) is 5.33. The van der Waals surface area contributed by atoms with Crippen molar-refractivity contribution in [1.82, 2.24) is 29.4 Å². The molecule has 7 heteroatoms. The summed E-state index contributed by atoms with van der Waals surface area (Å²) < 4.78 is 3.84. The van der Waals surface area contributed by atoms with E-state index >= 15 is 0 Å². The van der Waals surface area contributed by atoms with Crippen molar-refractivity contribution in [2.24, 2.45) is 7.05 Å². The van der Waals surface area contributed by atoms with Crippen LogP contribution in [0.2, 0.25) is 0 Å². The van der Waals surface area contributed by atoms with Gasteiger partial charge in [-0.15, -0.1) is 0 Å². The highest BCUT2D eigenvalue weighted by atomic mass is 16.2. The fourth-order valence-corrected chi connectivity index (χ4v) is 4.05. The van der Waals surface area contributed by atoms with Crippen LogP contribution in [0.25, 0.3) is 0 Å². The molecule has 2 atom stereocenters. The summed E-state index contributed by atoms with van der Waals surface area (Å²) in [6.07, 6.45) is 2.03. The van der Waals surface area contributed by atoms with Crippen LogP contribution >= 0.6 is 0 Å². The van der Waals surface area contributed by atoms with Crippen LogP contribution in [0.4, 0.5) is 0 Å². The summed E-state index contributed by atoms with van der Waals surface area (Å²) in [4.78, 5) is 19.5. The molecule has 3 heterocycles. The second-order valence-electron chi connectivity index (χ2n) is 7.16. The van der Waals surface area contributed by atoms with Crippen molar-refractivity contribution < 1.29 is 4.79 Å². The smallest absolute Gasteiger partial charge is 0.230 e. The predicted octanol–water partition coefficient (Wildman–Crippen LogP) is 2.21. The van der Waals surface area contributed by atoms with E-state index in [0.717, 1.165) is 48.0 Å². The van der Waals surface area contributed by atoms with E-state index in [9.17, 15) is 4.79 Å². The molecule has 0 spiro atoms. The number of aryl methyl sites for hydroxylation is 4. The number of amides is 1. The van der Waals surface area contributed by atoms with Gasteiger partial charge in [-0.05, 0) is 47.5 Å². The first-order chi connectivity index (χ1) is 11.8. The van der Waals surface area contributed by atoms with E-state index in [-0.39, 0.29) is 17.9 Å². The molecule has 0 N–H and O–H groups in total. The quantitative estimate of drug-likeness (QED) is 0.856. The van der Waals surface area contributed by atoms with Crippen LogP contribution in [0.3, 0.4) is 0 Å². The van der Waals surface area contributed by atoms with E-state index in [1.807, 2.05) is 55.9 Å². The molecule has 3 rings (SSSR count). The number of hydrogen-bond acceptors (Lipinski definition) is 4. The van der Waals surface area contributed by atoms with Crippen molar-refractivity contribution in [2.45, 2.75) is 59.4 Å². The predicted molar refractivity (Wildman–Crippen MR) is 95.4 cm³/mol. The number of carbonyl (C=O) groups is 1. The maximum Gasteiger partial charge on any atom is 0.230 e. The molecule has 136 valence electrons. The van der Waals surface area contributed by atoms with Crippen molar-refractivity contribution in [3.05, 3.63) is 28.6 Å². The first-order valence-corrected chi connectivity index (χ1v) is 8.98. The average Bonchev–Trinajstić information content (AvgIpc) is 3.04. The summed E-state index contributed by atoms with van der Waals surface area (Å²) in [6, 6.07) is 0.210. The van der Waals surface area contributed by atoms with E-state index in [0.29, 0.717) is 6.54 Å². The van der Waals surface area contributed by atoms with E-state index in [1.54, 1.807) is 0 Å². The molecule has 0 aliphatic carbocycles. The number of likely N-dealkylation sites (tertiary alicyclic amines) is 1. The molecule has 1 aliphatic heterocycles. The maximum atomic E-state index is 13.1. The van der Waals surface area contributed by atoms with Gasteiger partial charge in [0.05, 0.1) is 17.7 Å². The van der Waals surface area contributed by atoms with E-state index in [4.69, 9.17) is 0 Å². The molecule has 1 fully saturated rings. The first kappa shape index (κ1) is 17.6. The number of piperidine rings is 1. The highest BCUT2D eigenvalue weighted by molar-refractivity contribution is 5.84. The molecule has 0 bridgehead atoms. The third-order valence-corrected chi connectivity index (χ3v) is 5.33. The zero-order valence-electron chi connectivity index (χ0n) is 16.1. The molecular formula is C18H28N6O. The van der Waals surface area contributed by atoms with Gasteiger partial charge < -0.3 is 4.90 Å². The monoisotopic (exact) mass is 344 g/mol. The lowest BCUT2D eigenvalue weighted by Gasteiger charge is -2.34. The number of aromatic nitrogens is 5. The normalized spacial score (nSPS) is 19.3. The molecule has 0 radical (unpaired) electrons. The molecule has 1 amide bonds. The van der Waals surface area contributed by atoms with E-state index in [1.165, 1.54) is 0 Å². The summed E-state index contributed by atoms with van der Waals surface area (Å²) in [5, 5.41) is 8.98. The highest BCUT2D eigenvalue weighted by Crippen LogP contribution is 2.28. The van der Waals surface area contributed by atoms with E-state index in [2.05, 4.69) is 15.2 Å². The molecule has 0 saturated carbocycles. The SMILES string of the molecule is Cc1nc(C)n([C@@H]2CCCN(C(=O)[C@@H](C)c3c(C)nn(C)c3C)C2)n1. The molecule has 1 saturated heterocycles. The van der Waals surface area contributed by atoms with Gasteiger partial charge in [0.15, 0.2) is 0 Å². The van der Waals surface area contributed by atoms with Gasteiger partial charge >= 0.3 is 0 Å². The Kier molecular flexibility index (Phi) is 4.67. The first-order valence-electron chi connectivity index (χ1n) is 8.98. The van der Waals surface area contributed by atoms with Crippen LogP contribution in [0, 0.1) is 27.7 Å². The zero-order chi connectivity index (χ0) is 18.3. The van der Waals surface area contributed by atoms with Crippen LogP contribution < -0.4 is 0 Å². The molecule has 25 heavy (non-hydrogen) atoms. The minimum absolute atomic E-state index is 0.175. The third kappa shape index (κ3) is 3.19. The van der Waals surface area contributed by atoms with Crippen molar-refractivity contribution in [2.75, 3.05) is 13.1 Å². The summed E-state index contributed by atoms with van der Waals surface area (Å²) in [7, 11) is 1.93. The molecule has 0 aromatic carbocycles. The Morgan fingerprint density at radius 2 is 1.92 bits per heavy atom. The van der Waals surface area contributed by atoms with Crippen molar-refractivity contribution in [3.63, 3.8) is 0 Å². The zero-order valence-corrected chi connectivity index (χ0v) is 16.1. The van der Waals surface area contributed by atoms with Gasteiger partial charge in [0.1, 0.15) is 11.6 Å². The lowest BCUT2D eigenvalue weighted by molar-refractivity contribution is -0.134. The second kappa shape index (κ2) is 6.61. The molecule has 7 nitrogen and oxygen atoms in total. The van der Waals surface area contributed by atoms with Crippen molar-refractivity contribution >= 4 is 5.91 Å². The Bertz CT molecular complexity index is 790. The standard InChI is InChI=1S/C18H28N6O/c1-11(17-12(2)20-22(6)13(17)3)18(25)23-9-7-8-16(10-23)24-15(5)19-14(4)21-24/h11,16H,7-10H2,1-6H3/t11-,16+/m0/s1. The minimum Gasteiger partial charge on any atom is -0.340 e. The van der Waals surface area contributed by atoms with Gasteiger partial charge in [-0.1, -0.05) is 0 Å². The number of nitrogens with zero attached hydrogens (tertiary/aromatic N) is 6. The highest BCUT2D eigenvalue weighted by Gasteiger charge is 2.31. The largest absolute Gasteiger partial charge is 0.340 e. The topological polar surface area (TPSA) is 68.8 Å². The van der Waals surface area contributed by atoms with Gasteiger partial charge in [-0.2, -0.15) is 10.2 Å². The minimum atomic E-state index is -0.175. The Morgan fingerprint density at radius 1 is 1.20 bits per heavy atom. The molecular weight excluding hydrogens is 316 g/mol. The second-order valence-corrected chi connectivity index (χ2v) is 7.16. The van der Waals surface area contributed by atoms with Gasteiger partial charge in [-0.3, -0.25) is 9.48 Å². The van der Waals surface area contributed by atoms with Crippen molar-refractivity contribution in [1.29, 1.82) is 0 Å². The van der Waals surface area contributed by atoms with Gasteiger partial charge in [0, 0.05) is 31.4 Å². The molecule has 1 aliphatic rings. The summed E-state index contributed by atoms with van der Waals surface area (Å²) in [5.74, 6) is 1.71. The van der Waals surface area contributed by atoms with Crippen molar-refractivity contribution in [3.8, 4) is 0 Å². The lowest BCUT2D eigenvalue weighted by atomic mass is 9.96. The maximum absolute atomic E-state index is 13.1. The number of rotatable bonds is 3. The van der Waals surface area contributed by atoms with Crippen LogP contribution in [-0.2, 0) is 11.8 Å². The Hall–Kier alpha value is -2.18. The Balaban J connectivity index is 1.79. The van der Waals surface area contributed by atoms with Crippen LogP contribution in [0.15, 0.2) is 0 Å². The number of hydrogen-bond donors (Lipinski definition) is 0. The van der Waals surface area contributed by atoms with Crippen LogP contribution in [-0.4, -0.2) is 48.4 Å². The average molecular weight is 344 g/mol.